The molecule has 0 spiro atoms. The maximum Gasteiger partial charge on any atom is 0.318 e. The molecule has 0 saturated carbocycles. The highest BCUT2D eigenvalue weighted by Crippen LogP contribution is 2.29. The number of rotatable bonds is 6. The highest BCUT2D eigenvalue weighted by Gasteiger charge is 2.17. The first-order valence-corrected chi connectivity index (χ1v) is 7.32. The van der Waals surface area contributed by atoms with E-state index in [1.807, 2.05) is 18.6 Å². The second-order valence-corrected chi connectivity index (χ2v) is 5.00. The van der Waals surface area contributed by atoms with Gasteiger partial charge in [0.2, 0.25) is 10.0 Å². The Morgan fingerprint density at radius 1 is 1.20 bits per heavy atom. The van der Waals surface area contributed by atoms with Crippen molar-refractivity contribution in [3.63, 3.8) is 0 Å². The van der Waals surface area contributed by atoms with Gasteiger partial charge in [0.05, 0.1) is 19.1 Å². The average molecular weight is 305 g/mol. The molecular weight excluding hydrogens is 286 g/mol. The van der Waals surface area contributed by atoms with Crippen LogP contribution in [0.2, 0.25) is 0 Å². The summed E-state index contributed by atoms with van der Waals surface area (Å²) in [4.78, 5) is 10.2. The summed E-state index contributed by atoms with van der Waals surface area (Å²) >= 11 is 0. The molecule has 0 heterocycles. The number of carboxylic acid groups (broad SMARTS) is 1. The van der Waals surface area contributed by atoms with Crippen LogP contribution in [0.5, 0.6) is 11.5 Å². The van der Waals surface area contributed by atoms with Gasteiger partial charge in [-0.05, 0) is 12.1 Å². The van der Waals surface area contributed by atoms with E-state index in [0.717, 1.165) is 0 Å². The minimum Gasteiger partial charge on any atom is -0.493 e. The van der Waals surface area contributed by atoms with E-state index in [-0.39, 0.29) is 10.6 Å². The molecule has 0 radical (unpaired) electrons. The summed E-state index contributed by atoms with van der Waals surface area (Å²) in [6.45, 7) is 3.32. The minimum atomic E-state index is -3.88. The van der Waals surface area contributed by atoms with Crippen LogP contribution in [0.1, 0.15) is 13.8 Å². The van der Waals surface area contributed by atoms with Crippen LogP contribution in [-0.4, -0.2) is 40.3 Å². The summed E-state index contributed by atoms with van der Waals surface area (Å²) < 4.78 is 35.3. The number of carboxylic acids is 1. The van der Waals surface area contributed by atoms with Crippen molar-refractivity contribution in [3.8, 4) is 11.5 Å². The predicted molar refractivity (Wildman–Crippen MR) is 73.7 cm³/mol. The Morgan fingerprint density at radius 2 is 1.75 bits per heavy atom. The van der Waals surface area contributed by atoms with E-state index in [0.29, 0.717) is 5.75 Å². The normalized spacial score (nSPS) is 10.2. The van der Waals surface area contributed by atoms with E-state index in [2.05, 4.69) is 0 Å². The molecule has 0 unspecified atom stereocenters. The van der Waals surface area contributed by atoms with Crippen molar-refractivity contribution in [1.29, 1.82) is 0 Å². The lowest BCUT2D eigenvalue weighted by Crippen LogP contribution is -2.29. The zero-order valence-electron chi connectivity index (χ0n) is 11.8. The van der Waals surface area contributed by atoms with Gasteiger partial charge in [-0.15, -0.1) is 0 Å². The predicted octanol–water partition coefficient (Wildman–Crippen LogP) is 1.09. The molecule has 0 saturated heterocycles. The monoisotopic (exact) mass is 305 g/mol. The summed E-state index contributed by atoms with van der Waals surface area (Å²) in [5, 5.41) is 8.44. The molecule has 1 rings (SSSR count). The molecule has 2 N–H and O–H groups in total. The fraction of sp³-hybridized carbons (Fsp3) is 0.417. The molecule has 1 aromatic rings. The number of benzene rings is 1. The van der Waals surface area contributed by atoms with Gasteiger partial charge in [-0.25, -0.2) is 8.42 Å². The fourth-order valence-electron chi connectivity index (χ4n) is 1.22. The first-order valence-electron chi connectivity index (χ1n) is 5.84. The number of ether oxygens (including phenoxy) is 2. The topological polar surface area (TPSA) is 102 Å². The summed E-state index contributed by atoms with van der Waals surface area (Å²) in [6.07, 6.45) is 0. The molecule has 8 heteroatoms. The summed E-state index contributed by atoms with van der Waals surface area (Å²) in [5.41, 5.74) is 0. The van der Waals surface area contributed by atoms with Crippen LogP contribution in [0, 0.1) is 0 Å². The van der Waals surface area contributed by atoms with Gasteiger partial charge in [0, 0.05) is 6.07 Å². The Balaban J connectivity index is 0.00000172. The lowest BCUT2D eigenvalue weighted by Gasteiger charge is -2.10. The number of aliphatic carboxylic acids is 1. The average Bonchev–Trinajstić information content (AvgIpc) is 2.46. The Morgan fingerprint density at radius 3 is 2.20 bits per heavy atom. The van der Waals surface area contributed by atoms with Crippen LogP contribution in [0.25, 0.3) is 0 Å². The summed E-state index contributed by atoms with van der Waals surface area (Å²) in [6, 6.07) is 3.97. The Kier molecular flexibility index (Phi) is 7.63. The third kappa shape index (κ3) is 5.06. The lowest BCUT2D eigenvalue weighted by atomic mass is 10.3. The van der Waals surface area contributed by atoms with Crippen molar-refractivity contribution in [2.45, 2.75) is 18.7 Å². The zero-order valence-corrected chi connectivity index (χ0v) is 12.7. The van der Waals surface area contributed by atoms with Crippen LogP contribution >= 0.6 is 0 Å². The molecule has 0 bridgehead atoms. The number of sulfonamides is 1. The van der Waals surface area contributed by atoms with Gasteiger partial charge in [-0.2, -0.15) is 4.72 Å². The fourth-order valence-corrected chi connectivity index (χ4v) is 2.21. The molecule has 114 valence electrons. The van der Waals surface area contributed by atoms with Gasteiger partial charge in [0.1, 0.15) is 6.54 Å². The van der Waals surface area contributed by atoms with Crippen molar-refractivity contribution in [3.05, 3.63) is 18.2 Å². The lowest BCUT2D eigenvalue weighted by molar-refractivity contribution is -0.135. The van der Waals surface area contributed by atoms with E-state index >= 15 is 0 Å². The molecule has 0 atom stereocenters. The number of hydrogen-bond acceptors (Lipinski definition) is 5. The van der Waals surface area contributed by atoms with Crippen molar-refractivity contribution in [2.24, 2.45) is 0 Å². The molecule has 0 aliphatic carbocycles. The quantitative estimate of drug-likeness (QED) is 0.816. The molecule has 0 fully saturated rings. The third-order valence-electron chi connectivity index (χ3n) is 2.08. The second kappa shape index (κ2) is 8.39. The molecule has 0 aliphatic rings. The van der Waals surface area contributed by atoms with E-state index in [1.165, 1.54) is 32.4 Å². The van der Waals surface area contributed by atoms with Crippen LogP contribution in [0.3, 0.4) is 0 Å². The highest BCUT2D eigenvalue weighted by molar-refractivity contribution is 7.89. The second-order valence-electron chi connectivity index (χ2n) is 3.24. The van der Waals surface area contributed by atoms with Crippen molar-refractivity contribution in [2.75, 3.05) is 20.8 Å². The van der Waals surface area contributed by atoms with Crippen molar-refractivity contribution >= 4 is 16.0 Å². The molecule has 0 amide bonds. The van der Waals surface area contributed by atoms with Crippen molar-refractivity contribution < 1.29 is 27.8 Å². The molecule has 1 aromatic carbocycles. The van der Waals surface area contributed by atoms with Crippen LogP contribution in [0.15, 0.2) is 23.1 Å². The minimum absolute atomic E-state index is 0.0959. The van der Waals surface area contributed by atoms with Gasteiger partial charge < -0.3 is 14.6 Å². The van der Waals surface area contributed by atoms with Gasteiger partial charge in [-0.1, -0.05) is 13.8 Å². The van der Waals surface area contributed by atoms with E-state index < -0.39 is 22.5 Å². The molecular formula is C12H19NO6S. The Labute approximate surface area is 118 Å². The summed E-state index contributed by atoms with van der Waals surface area (Å²) in [5.74, 6) is -0.635. The van der Waals surface area contributed by atoms with E-state index in [4.69, 9.17) is 14.6 Å². The Hall–Kier alpha value is -1.80. The standard InChI is InChI=1S/C10H13NO6S.C2H6/c1-16-8-4-3-7(5-9(8)17-2)18(14,15)11-6-10(12)13;1-2/h3-5,11H,6H2,1-2H3,(H,12,13);1-2H3. The van der Waals surface area contributed by atoms with E-state index in [9.17, 15) is 13.2 Å². The van der Waals surface area contributed by atoms with Gasteiger partial charge in [-0.3, -0.25) is 4.79 Å². The molecule has 20 heavy (non-hydrogen) atoms. The van der Waals surface area contributed by atoms with Gasteiger partial charge >= 0.3 is 5.97 Å². The largest absolute Gasteiger partial charge is 0.493 e. The van der Waals surface area contributed by atoms with Crippen LogP contribution in [-0.2, 0) is 14.8 Å². The van der Waals surface area contributed by atoms with Gasteiger partial charge in [0.15, 0.2) is 11.5 Å². The van der Waals surface area contributed by atoms with Crippen molar-refractivity contribution in [1.82, 2.24) is 4.72 Å². The first-order chi connectivity index (χ1) is 9.40. The Bertz CT molecular complexity index is 541. The number of hydrogen-bond donors (Lipinski definition) is 2. The van der Waals surface area contributed by atoms with Gasteiger partial charge in [0.25, 0.3) is 0 Å². The third-order valence-corrected chi connectivity index (χ3v) is 3.48. The van der Waals surface area contributed by atoms with Crippen LogP contribution < -0.4 is 14.2 Å². The SMILES string of the molecule is CC.COc1ccc(S(=O)(=O)NCC(=O)O)cc1OC. The maximum absolute atomic E-state index is 11.7. The number of nitrogens with one attached hydrogen (secondary N) is 1. The summed E-state index contributed by atoms with van der Waals surface area (Å²) in [7, 11) is -1.08. The molecule has 7 nitrogen and oxygen atoms in total. The smallest absolute Gasteiger partial charge is 0.318 e. The number of carbonyl (C=O) groups is 1. The van der Waals surface area contributed by atoms with E-state index in [1.54, 1.807) is 0 Å². The highest BCUT2D eigenvalue weighted by atomic mass is 32.2. The molecule has 0 aliphatic heterocycles. The maximum atomic E-state index is 11.7. The first kappa shape index (κ1) is 18.2. The molecule has 0 aromatic heterocycles. The van der Waals surface area contributed by atoms with Crippen LogP contribution in [0.4, 0.5) is 0 Å². The number of methoxy groups -OCH3 is 2. The zero-order chi connectivity index (χ0) is 15.8.